The summed E-state index contributed by atoms with van der Waals surface area (Å²) in [6.45, 7) is 4.95. The van der Waals surface area contributed by atoms with E-state index in [2.05, 4.69) is 0 Å². The second kappa shape index (κ2) is 6.77. The van der Waals surface area contributed by atoms with Gasteiger partial charge in [0.15, 0.2) is 0 Å². The fourth-order valence-electron chi connectivity index (χ4n) is 0.453. The van der Waals surface area contributed by atoms with Crippen molar-refractivity contribution in [2.45, 2.75) is 24.3 Å². The molecule has 0 amide bonds. The summed E-state index contributed by atoms with van der Waals surface area (Å²) in [5, 5.41) is 0.407. The Bertz CT molecular complexity index is 129. The zero-order chi connectivity index (χ0) is 9.56. The van der Waals surface area contributed by atoms with E-state index in [-0.39, 0.29) is 14.9 Å². The van der Waals surface area contributed by atoms with Crippen LogP contribution in [-0.4, -0.2) is 28.0 Å². The molecule has 0 aromatic carbocycles. The fourth-order valence-corrected chi connectivity index (χ4v) is 2.51. The first kappa shape index (κ1) is 12.3. The lowest BCUT2D eigenvalue weighted by Crippen LogP contribution is -2.16. The Hall–Kier alpha value is 0.290. The topological polar surface area (TPSA) is 69.1 Å². The molecule has 2 unspecified atom stereocenters. The average molecular weight is 208 g/mol. The molecule has 0 heterocycles. The molecule has 0 aromatic rings. The summed E-state index contributed by atoms with van der Waals surface area (Å²) in [6.07, 6.45) is 0. The summed E-state index contributed by atoms with van der Waals surface area (Å²) >= 11 is 2.57. The molecule has 0 fully saturated rings. The van der Waals surface area contributed by atoms with Crippen molar-refractivity contribution < 1.29 is 4.79 Å². The van der Waals surface area contributed by atoms with Gasteiger partial charge in [-0.3, -0.25) is 4.79 Å². The van der Waals surface area contributed by atoms with Crippen LogP contribution < -0.4 is 11.5 Å². The van der Waals surface area contributed by atoms with Gasteiger partial charge in [-0.15, -0.1) is 0 Å². The number of carbonyl (C=O) groups is 1. The minimum absolute atomic E-state index is 0.117. The molecule has 0 bridgehead atoms. The van der Waals surface area contributed by atoms with Crippen molar-refractivity contribution in [2.75, 3.05) is 13.1 Å². The first-order valence-electron chi connectivity index (χ1n) is 3.87. The van der Waals surface area contributed by atoms with Gasteiger partial charge in [0.05, 0.1) is 0 Å². The summed E-state index contributed by atoms with van der Waals surface area (Å²) in [7, 11) is 0. The van der Waals surface area contributed by atoms with Crippen molar-refractivity contribution in [1.29, 1.82) is 0 Å². The molecule has 0 aliphatic heterocycles. The molecule has 0 spiro atoms. The lowest BCUT2D eigenvalue weighted by Gasteiger charge is -2.08. The van der Waals surface area contributed by atoms with Crippen LogP contribution in [0.1, 0.15) is 13.8 Å². The minimum Gasteiger partial charge on any atom is -0.329 e. The maximum atomic E-state index is 11.2. The first-order valence-corrected chi connectivity index (χ1v) is 5.63. The molecular weight excluding hydrogens is 192 g/mol. The Kier molecular flexibility index (Phi) is 6.93. The molecule has 12 heavy (non-hydrogen) atoms. The Morgan fingerprint density at radius 2 is 1.50 bits per heavy atom. The van der Waals surface area contributed by atoms with E-state index in [4.69, 9.17) is 11.5 Å². The third-order valence-electron chi connectivity index (χ3n) is 1.26. The number of carbonyl (C=O) groups excluding carboxylic acids is 1. The maximum Gasteiger partial charge on any atom is 0.246 e. The maximum absolute atomic E-state index is 11.2. The molecule has 72 valence electrons. The fraction of sp³-hybridized carbons (Fsp3) is 0.857. The van der Waals surface area contributed by atoms with Crippen LogP contribution in [0.3, 0.4) is 0 Å². The van der Waals surface area contributed by atoms with Crippen LogP contribution in [0.15, 0.2) is 0 Å². The molecule has 2 atom stereocenters. The molecule has 3 nitrogen and oxygen atoms in total. The van der Waals surface area contributed by atoms with Gasteiger partial charge < -0.3 is 11.5 Å². The highest BCUT2D eigenvalue weighted by molar-refractivity contribution is 8.39. The third kappa shape index (κ3) is 5.88. The highest BCUT2D eigenvalue weighted by atomic mass is 32.2. The van der Waals surface area contributed by atoms with Crippen LogP contribution in [0.5, 0.6) is 0 Å². The largest absolute Gasteiger partial charge is 0.329 e. The van der Waals surface area contributed by atoms with Crippen LogP contribution in [0.2, 0.25) is 0 Å². The van der Waals surface area contributed by atoms with E-state index >= 15 is 0 Å². The quantitative estimate of drug-likeness (QED) is 0.728. The van der Waals surface area contributed by atoms with E-state index < -0.39 is 0 Å². The smallest absolute Gasteiger partial charge is 0.246 e. The van der Waals surface area contributed by atoms with Gasteiger partial charge in [0, 0.05) is 23.6 Å². The van der Waals surface area contributed by atoms with Crippen LogP contribution in [0.25, 0.3) is 0 Å². The standard InChI is InChI=1S/C7H16N2OS2/c1-5(3-8)11-7(10)12-6(2)4-9/h5-6H,3-4,8-9H2,1-2H3. The number of rotatable bonds is 4. The van der Waals surface area contributed by atoms with Crippen LogP contribution in [0.4, 0.5) is 4.79 Å². The number of thioether (sulfide) groups is 2. The lowest BCUT2D eigenvalue weighted by molar-refractivity contribution is 0.276. The van der Waals surface area contributed by atoms with E-state index in [1.807, 2.05) is 13.8 Å². The van der Waals surface area contributed by atoms with Gasteiger partial charge in [-0.2, -0.15) is 0 Å². The number of nitrogens with two attached hydrogens (primary N) is 2. The molecule has 0 aromatic heterocycles. The SMILES string of the molecule is CC(CN)SC(=O)SC(C)CN. The summed E-state index contributed by atoms with van der Waals surface area (Å²) in [5.41, 5.74) is 10.8. The Morgan fingerprint density at radius 3 is 1.75 bits per heavy atom. The van der Waals surface area contributed by atoms with Gasteiger partial charge in [-0.25, -0.2) is 0 Å². The summed E-state index contributed by atoms with van der Waals surface area (Å²) in [6, 6.07) is 0. The van der Waals surface area contributed by atoms with Crippen molar-refractivity contribution in [3.63, 3.8) is 0 Å². The highest BCUT2D eigenvalue weighted by Gasteiger charge is 2.11. The van der Waals surface area contributed by atoms with E-state index in [1.54, 1.807) is 0 Å². The molecule has 0 saturated heterocycles. The molecule has 4 N–H and O–H groups in total. The van der Waals surface area contributed by atoms with Crippen LogP contribution in [-0.2, 0) is 0 Å². The molecule has 0 rings (SSSR count). The molecule has 0 aliphatic carbocycles. The normalized spacial score (nSPS) is 15.7. The predicted molar refractivity (Wildman–Crippen MR) is 57.6 cm³/mol. The number of hydrogen-bond acceptors (Lipinski definition) is 5. The van der Waals surface area contributed by atoms with Gasteiger partial charge in [0.1, 0.15) is 0 Å². The van der Waals surface area contributed by atoms with Crippen LogP contribution in [0, 0.1) is 0 Å². The molecule has 0 radical (unpaired) electrons. The van der Waals surface area contributed by atoms with Crippen molar-refractivity contribution in [3.05, 3.63) is 0 Å². The van der Waals surface area contributed by atoms with Crippen LogP contribution >= 0.6 is 23.5 Å². The molecule has 0 saturated carbocycles. The van der Waals surface area contributed by atoms with Gasteiger partial charge in [-0.1, -0.05) is 37.4 Å². The zero-order valence-corrected chi connectivity index (χ0v) is 9.08. The monoisotopic (exact) mass is 208 g/mol. The zero-order valence-electron chi connectivity index (χ0n) is 7.45. The van der Waals surface area contributed by atoms with Crippen molar-refractivity contribution in [2.24, 2.45) is 11.5 Å². The van der Waals surface area contributed by atoms with E-state index in [9.17, 15) is 4.79 Å². The third-order valence-corrected chi connectivity index (χ3v) is 3.41. The summed E-state index contributed by atoms with van der Waals surface area (Å²) < 4.78 is 0.117. The first-order chi connectivity index (χ1) is 5.60. The van der Waals surface area contributed by atoms with Gasteiger partial charge in [0.25, 0.3) is 0 Å². The van der Waals surface area contributed by atoms with Gasteiger partial charge in [0.2, 0.25) is 4.45 Å². The lowest BCUT2D eigenvalue weighted by atomic mass is 10.5. The van der Waals surface area contributed by atoms with Crippen molar-refractivity contribution in [3.8, 4) is 0 Å². The Morgan fingerprint density at radius 1 is 1.17 bits per heavy atom. The summed E-state index contributed by atoms with van der Waals surface area (Å²) in [4.78, 5) is 11.2. The van der Waals surface area contributed by atoms with E-state index in [1.165, 1.54) is 23.5 Å². The van der Waals surface area contributed by atoms with Gasteiger partial charge in [-0.05, 0) is 0 Å². The predicted octanol–water partition coefficient (Wildman–Crippen LogP) is 1.27. The molecular formula is C7H16N2OS2. The second-order valence-electron chi connectivity index (χ2n) is 2.58. The minimum atomic E-state index is 0.117. The van der Waals surface area contributed by atoms with E-state index in [0.717, 1.165) is 0 Å². The average Bonchev–Trinajstić information content (AvgIpc) is 2.03. The molecule has 5 heteroatoms. The highest BCUT2D eigenvalue weighted by Crippen LogP contribution is 2.23. The molecule has 0 aliphatic rings. The Balaban J connectivity index is 3.59. The van der Waals surface area contributed by atoms with Crippen molar-refractivity contribution in [1.82, 2.24) is 0 Å². The van der Waals surface area contributed by atoms with Gasteiger partial charge >= 0.3 is 0 Å². The number of hydrogen-bond donors (Lipinski definition) is 2. The summed E-state index contributed by atoms with van der Waals surface area (Å²) in [5.74, 6) is 0. The van der Waals surface area contributed by atoms with Crippen molar-refractivity contribution >= 4 is 28.0 Å². The second-order valence-corrected chi connectivity index (χ2v) is 5.66. The Labute approximate surface area is 82.0 Å². The van der Waals surface area contributed by atoms with E-state index in [0.29, 0.717) is 13.1 Å².